The van der Waals surface area contributed by atoms with E-state index >= 15 is 0 Å². The first-order valence-corrected chi connectivity index (χ1v) is 5.18. The molecular weight excluding hydrogens is 202 g/mol. The van der Waals surface area contributed by atoms with Crippen LogP contribution in [-0.2, 0) is 4.74 Å². The molecule has 0 radical (unpaired) electrons. The molecule has 82 valence electrons. The van der Waals surface area contributed by atoms with Crippen molar-refractivity contribution in [3.8, 4) is 0 Å². The molecule has 2 rings (SSSR count). The molecule has 0 amide bonds. The normalized spacial score (nSPS) is 10.3. The van der Waals surface area contributed by atoms with Crippen molar-refractivity contribution in [2.45, 2.75) is 6.92 Å². The topological polar surface area (TPSA) is 52.3 Å². The van der Waals surface area contributed by atoms with Gasteiger partial charge in [0.15, 0.2) is 0 Å². The molecule has 0 spiro atoms. The molecule has 2 N–H and O–H groups in total. The molecule has 0 aliphatic heterocycles. The summed E-state index contributed by atoms with van der Waals surface area (Å²) < 4.78 is 5.00. The number of nitrogens with two attached hydrogens (primary N) is 1. The quantitative estimate of drug-likeness (QED) is 0.618. The van der Waals surface area contributed by atoms with Gasteiger partial charge in [-0.3, -0.25) is 0 Å². The third-order valence-corrected chi connectivity index (χ3v) is 2.44. The highest BCUT2D eigenvalue weighted by Crippen LogP contribution is 2.24. The fourth-order valence-corrected chi connectivity index (χ4v) is 1.72. The van der Waals surface area contributed by atoms with Crippen molar-refractivity contribution in [2.24, 2.45) is 0 Å². The number of ether oxygens (including phenoxy) is 1. The molecule has 16 heavy (non-hydrogen) atoms. The Morgan fingerprint density at radius 1 is 1.25 bits per heavy atom. The molecule has 0 aliphatic rings. The van der Waals surface area contributed by atoms with Crippen LogP contribution in [0.3, 0.4) is 0 Å². The lowest BCUT2D eigenvalue weighted by atomic mass is 10.0. The smallest absolute Gasteiger partial charge is 0.340 e. The molecule has 0 saturated heterocycles. The van der Waals surface area contributed by atoms with E-state index in [1.54, 1.807) is 13.0 Å². The number of rotatable bonds is 2. The van der Waals surface area contributed by atoms with Crippen molar-refractivity contribution in [2.75, 3.05) is 12.3 Å². The molecule has 0 aliphatic carbocycles. The minimum absolute atomic E-state index is 0.349. The van der Waals surface area contributed by atoms with Crippen molar-refractivity contribution < 1.29 is 9.53 Å². The monoisotopic (exact) mass is 215 g/mol. The first kappa shape index (κ1) is 10.5. The van der Waals surface area contributed by atoms with Crippen LogP contribution in [0.15, 0.2) is 36.4 Å². The molecule has 2 aromatic rings. The van der Waals surface area contributed by atoms with Gasteiger partial charge < -0.3 is 10.5 Å². The van der Waals surface area contributed by atoms with Gasteiger partial charge in [0.25, 0.3) is 0 Å². The second-order valence-corrected chi connectivity index (χ2v) is 3.47. The third kappa shape index (κ3) is 1.72. The van der Waals surface area contributed by atoms with Crippen LogP contribution in [0.1, 0.15) is 17.3 Å². The molecule has 0 fully saturated rings. The average Bonchev–Trinajstić information content (AvgIpc) is 2.29. The lowest BCUT2D eigenvalue weighted by Crippen LogP contribution is -2.08. The summed E-state index contributed by atoms with van der Waals surface area (Å²) in [5.74, 6) is -0.364. The van der Waals surface area contributed by atoms with Crippen molar-refractivity contribution in [3.05, 3.63) is 42.0 Å². The fraction of sp³-hybridized carbons (Fsp3) is 0.154. The van der Waals surface area contributed by atoms with Gasteiger partial charge in [-0.2, -0.15) is 0 Å². The maximum atomic E-state index is 11.8. The number of anilines is 1. The van der Waals surface area contributed by atoms with E-state index in [-0.39, 0.29) is 5.97 Å². The Bertz CT molecular complexity index is 534. The molecule has 0 bridgehead atoms. The summed E-state index contributed by atoms with van der Waals surface area (Å²) in [5.41, 5.74) is 6.73. The number of nitrogen functional groups attached to an aromatic ring is 1. The summed E-state index contributed by atoms with van der Waals surface area (Å²) in [6.07, 6.45) is 0. The van der Waals surface area contributed by atoms with Crippen LogP contribution < -0.4 is 5.73 Å². The minimum atomic E-state index is -0.364. The Morgan fingerprint density at radius 3 is 2.75 bits per heavy atom. The molecule has 0 heterocycles. The van der Waals surface area contributed by atoms with Crippen LogP contribution >= 0.6 is 0 Å². The van der Waals surface area contributed by atoms with Crippen LogP contribution in [0.5, 0.6) is 0 Å². The maximum Gasteiger partial charge on any atom is 0.340 e. The zero-order chi connectivity index (χ0) is 11.5. The Balaban J connectivity index is 2.66. The van der Waals surface area contributed by atoms with Crippen molar-refractivity contribution in [1.82, 2.24) is 0 Å². The number of hydrogen-bond donors (Lipinski definition) is 1. The third-order valence-electron chi connectivity index (χ3n) is 2.44. The zero-order valence-corrected chi connectivity index (χ0v) is 9.07. The van der Waals surface area contributed by atoms with E-state index in [0.717, 1.165) is 10.8 Å². The standard InChI is InChI=1S/C13H13NO2/c1-2-16-13(15)12-10-6-4-3-5-9(10)7-8-11(12)14/h3-8H,2,14H2,1H3. The highest BCUT2D eigenvalue weighted by molar-refractivity contribution is 6.08. The number of benzene rings is 2. The zero-order valence-electron chi connectivity index (χ0n) is 9.07. The second-order valence-electron chi connectivity index (χ2n) is 3.47. The van der Waals surface area contributed by atoms with Gasteiger partial charge in [-0.15, -0.1) is 0 Å². The summed E-state index contributed by atoms with van der Waals surface area (Å²) in [7, 11) is 0. The molecule has 3 nitrogen and oxygen atoms in total. The van der Waals surface area contributed by atoms with Crippen LogP contribution in [0.2, 0.25) is 0 Å². The predicted octanol–water partition coefficient (Wildman–Crippen LogP) is 2.60. The van der Waals surface area contributed by atoms with Gasteiger partial charge in [0.2, 0.25) is 0 Å². The van der Waals surface area contributed by atoms with Crippen molar-refractivity contribution >= 4 is 22.4 Å². The van der Waals surface area contributed by atoms with Gasteiger partial charge in [-0.1, -0.05) is 30.3 Å². The largest absolute Gasteiger partial charge is 0.462 e. The molecular formula is C13H13NO2. The van der Waals surface area contributed by atoms with Gasteiger partial charge in [-0.05, 0) is 23.8 Å². The summed E-state index contributed by atoms with van der Waals surface area (Å²) >= 11 is 0. The Morgan fingerprint density at radius 2 is 2.00 bits per heavy atom. The summed E-state index contributed by atoms with van der Waals surface area (Å²) in [6, 6.07) is 11.2. The SMILES string of the molecule is CCOC(=O)c1c(N)ccc2ccccc12. The van der Waals surface area contributed by atoms with E-state index in [1.807, 2.05) is 30.3 Å². The van der Waals surface area contributed by atoms with E-state index in [2.05, 4.69) is 0 Å². The lowest BCUT2D eigenvalue weighted by molar-refractivity contribution is 0.0530. The second kappa shape index (κ2) is 4.23. The first-order valence-electron chi connectivity index (χ1n) is 5.18. The van der Waals surface area contributed by atoms with Crippen molar-refractivity contribution in [3.63, 3.8) is 0 Å². The summed E-state index contributed by atoms with van der Waals surface area (Å²) in [6.45, 7) is 2.13. The molecule has 2 aromatic carbocycles. The molecule has 0 unspecified atom stereocenters. The van der Waals surface area contributed by atoms with Gasteiger partial charge in [0, 0.05) is 5.69 Å². The number of hydrogen-bond acceptors (Lipinski definition) is 3. The Labute approximate surface area is 93.8 Å². The van der Waals surface area contributed by atoms with E-state index < -0.39 is 0 Å². The minimum Gasteiger partial charge on any atom is -0.462 e. The maximum absolute atomic E-state index is 11.8. The van der Waals surface area contributed by atoms with E-state index in [4.69, 9.17) is 10.5 Å². The fourth-order valence-electron chi connectivity index (χ4n) is 1.72. The average molecular weight is 215 g/mol. The van der Waals surface area contributed by atoms with E-state index in [0.29, 0.717) is 17.9 Å². The van der Waals surface area contributed by atoms with Gasteiger partial charge in [-0.25, -0.2) is 4.79 Å². The predicted molar refractivity (Wildman–Crippen MR) is 64.3 cm³/mol. The van der Waals surface area contributed by atoms with Crippen LogP contribution in [-0.4, -0.2) is 12.6 Å². The molecule has 3 heteroatoms. The van der Waals surface area contributed by atoms with Crippen molar-refractivity contribution in [1.29, 1.82) is 0 Å². The Hall–Kier alpha value is -2.03. The molecule has 0 atom stereocenters. The molecule has 0 saturated carbocycles. The number of carbonyl (C=O) groups is 1. The lowest BCUT2D eigenvalue weighted by Gasteiger charge is -2.08. The first-order chi connectivity index (χ1) is 7.74. The number of esters is 1. The number of fused-ring (bicyclic) bond motifs is 1. The molecule has 0 aromatic heterocycles. The van der Waals surface area contributed by atoms with Gasteiger partial charge >= 0.3 is 5.97 Å². The number of carbonyl (C=O) groups excluding carboxylic acids is 1. The van der Waals surface area contributed by atoms with E-state index in [1.165, 1.54) is 0 Å². The summed E-state index contributed by atoms with van der Waals surface area (Å²) in [4.78, 5) is 11.8. The van der Waals surface area contributed by atoms with Gasteiger partial charge in [0.1, 0.15) is 0 Å². The highest BCUT2D eigenvalue weighted by Gasteiger charge is 2.14. The van der Waals surface area contributed by atoms with Crippen LogP contribution in [0, 0.1) is 0 Å². The Kier molecular flexibility index (Phi) is 2.77. The van der Waals surface area contributed by atoms with Crippen LogP contribution in [0.25, 0.3) is 10.8 Å². The van der Waals surface area contributed by atoms with E-state index in [9.17, 15) is 4.79 Å². The highest BCUT2D eigenvalue weighted by atomic mass is 16.5. The summed E-state index contributed by atoms with van der Waals surface area (Å²) in [5, 5.41) is 1.82. The van der Waals surface area contributed by atoms with Crippen LogP contribution in [0.4, 0.5) is 5.69 Å². The van der Waals surface area contributed by atoms with Gasteiger partial charge in [0.05, 0.1) is 12.2 Å².